The van der Waals surface area contributed by atoms with E-state index in [0.29, 0.717) is 16.7 Å². The zero-order valence-electron chi connectivity index (χ0n) is 14.8. The topological polar surface area (TPSA) is 76.2 Å². The normalized spacial score (nSPS) is 11.1. The SMILES string of the molecule is COc1ccc(C=CC(=O)CC(=O)c2cc3c(Br)cc(Br)cc3[nH]c2=O)cc1. The van der Waals surface area contributed by atoms with Gasteiger partial charge in [0, 0.05) is 14.3 Å². The number of carbonyl (C=O) groups is 2. The largest absolute Gasteiger partial charge is 0.497 e. The molecule has 0 fully saturated rings. The molecule has 28 heavy (non-hydrogen) atoms. The number of ether oxygens (including phenoxy) is 1. The van der Waals surface area contributed by atoms with Crippen molar-refractivity contribution in [2.75, 3.05) is 7.11 Å². The summed E-state index contributed by atoms with van der Waals surface area (Å²) in [4.78, 5) is 39.6. The fourth-order valence-electron chi connectivity index (χ4n) is 2.66. The molecular formula is C21H15Br2NO4. The van der Waals surface area contributed by atoms with Gasteiger partial charge in [0.1, 0.15) is 5.75 Å². The van der Waals surface area contributed by atoms with Crippen LogP contribution in [0.25, 0.3) is 17.0 Å². The lowest BCUT2D eigenvalue weighted by Gasteiger charge is -2.05. The summed E-state index contributed by atoms with van der Waals surface area (Å²) in [5.41, 5.74) is 0.837. The van der Waals surface area contributed by atoms with Crippen LogP contribution in [0, 0.1) is 0 Å². The van der Waals surface area contributed by atoms with Crippen LogP contribution >= 0.6 is 31.9 Å². The highest BCUT2D eigenvalue weighted by Crippen LogP contribution is 2.27. The second kappa shape index (κ2) is 8.67. The highest BCUT2D eigenvalue weighted by Gasteiger charge is 2.16. The predicted molar refractivity (Wildman–Crippen MR) is 116 cm³/mol. The summed E-state index contributed by atoms with van der Waals surface area (Å²) in [5.74, 6) is -0.190. The Balaban J connectivity index is 1.78. The van der Waals surface area contributed by atoms with Crippen LogP contribution in [0.3, 0.4) is 0 Å². The molecule has 0 aliphatic rings. The third kappa shape index (κ3) is 4.66. The molecule has 1 heterocycles. The summed E-state index contributed by atoms with van der Waals surface area (Å²) in [6, 6.07) is 12.2. The number of methoxy groups -OCH3 is 1. The molecule has 0 bridgehead atoms. The molecule has 0 unspecified atom stereocenters. The van der Waals surface area contributed by atoms with Crippen molar-refractivity contribution >= 4 is 60.4 Å². The highest BCUT2D eigenvalue weighted by molar-refractivity contribution is 9.11. The molecule has 0 atom stereocenters. The number of pyridine rings is 1. The monoisotopic (exact) mass is 503 g/mol. The van der Waals surface area contributed by atoms with Crippen molar-refractivity contribution in [1.82, 2.24) is 4.98 Å². The van der Waals surface area contributed by atoms with E-state index in [2.05, 4.69) is 36.8 Å². The number of hydrogen-bond donors (Lipinski definition) is 1. The van der Waals surface area contributed by atoms with Crippen molar-refractivity contribution in [3.63, 3.8) is 0 Å². The van der Waals surface area contributed by atoms with Crippen LogP contribution in [0.5, 0.6) is 5.75 Å². The van der Waals surface area contributed by atoms with E-state index in [1.165, 1.54) is 12.1 Å². The summed E-state index contributed by atoms with van der Waals surface area (Å²) in [5, 5.41) is 0.687. The van der Waals surface area contributed by atoms with Crippen molar-refractivity contribution < 1.29 is 14.3 Å². The number of H-pyrrole nitrogens is 1. The maximum atomic E-state index is 12.5. The number of halogens is 2. The van der Waals surface area contributed by atoms with Crippen molar-refractivity contribution in [3.8, 4) is 5.75 Å². The number of carbonyl (C=O) groups excluding carboxylic acids is 2. The number of aromatic nitrogens is 1. The second-order valence-electron chi connectivity index (χ2n) is 6.03. The van der Waals surface area contributed by atoms with E-state index in [1.54, 1.807) is 43.5 Å². The van der Waals surface area contributed by atoms with Gasteiger partial charge in [-0.15, -0.1) is 0 Å². The minimum absolute atomic E-state index is 0.0401. The van der Waals surface area contributed by atoms with E-state index in [1.807, 2.05) is 6.07 Å². The summed E-state index contributed by atoms with van der Waals surface area (Å²) < 4.78 is 6.60. The first-order chi connectivity index (χ1) is 13.4. The third-order valence-corrected chi connectivity index (χ3v) is 5.20. The van der Waals surface area contributed by atoms with Gasteiger partial charge in [0.15, 0.2) is 11.6 Å². The number of fused-ring (bicyclic) bond motifs is 1. The molecule has 3 aromatic rings. The molecule has 0 amide bonds. The van der Waals surface area contributed by atoms with E-state index < -0.39 is 11.3 Å². The van der Waals surface area contributed by atoms with Gasteiger partial charge in [0.2, 0.25) is 0 Å². The molecule has 5 nitrogen and oxygen atoms in total. The summed E-state index contributed by atoms with van der Waals surface area (Å²) >= 11 is 6.77. The van der Waals surface area contributed by atoms with Gasteiger partial charge in [-0.25, -0.2) is 0 Å². The lowest BCUT2D eigenvalue weighted by Crippen LogP contribution is -2.19. The Morgan fingerprint density at radius 3 is 2.50 bits per heavy atom. The van der Waals surface area contributed by atoms with Crippen LogP contribution in [0.15, 0.2) is 62.3 Å². The average molecular weight is 505 g/mol. The molecule has 3 rings (SSSR count). The molecule has 2 aromatic carbocycles. The zero-order chi connectivity index (χ0) is 20.3. The second-order valence-corrected chi connectivity index (χ2v) is 7.80. The molecule has 0 saturated heterocycles. The van der Waals surface area contributed by atoms with Gasteiger partial charge in [0.25, 0.3) is 5.56 Å². The molecule has 1 N–H and O–H groups in total. The van der Waals surface area contributed by atoms with Gasteiger partial charge in [0.05, 0.1) is 24.6 Å². The van der Waals surface area contributed by atoms with E-state index in [4.69, 9.17) is 4.74 Å². The number of allylic oxidation sites excluding steroid dienone is 1. The number of benzene rings is 2. The molecular weight excluding hydrogens is 490 g/mol. The van der Waals surface area contributed by atoms with Crippen molar-refractivity contribution in [1.29, 1.82) is 0 Å². The summed E-state index contributed by atoms with van der Waals surface area (Å²) in [6.45, 7) is 0. The minimum atomic E-state index is -0.526. The smallest absolute Gasteiger partial charge is 0.259 e. The maximum absolute atomic E-state index is 12.5. The summed E-state index contributed by atoms with van der Waals surface area (Å²) in [6.07, 6.45) is 2.57. The quantitative estimate of drug-likeness (QED) is 0.294. The molecule has 0 saturated carbocycles. The fourth-order valence-corrected chi connectivity index (χ4v) is 4.00. The standard InChI is InChI=1S/C21H15Br2NO4/c1-28-15-6-3-12(4-7-15)2-5-14(25)10-20(26)17-11-16-18(23)8-13(22)9-19(16)24-21(17)27/h2-9,11H,10H2,1H3,(H,24,27). The van der Waals surface area contributed by atoms with Gasteiger partial charge in [-0.1, -0.05) is 50.1 Å². The number of hydrogen-bond acceptors (Lipinski definition) is 4. The Bertz CT molecular complexity index is 1150. The molecule has 0 aliphatic heterocycles. The predicted octanol–water partition coefficient (Wildman–Crippen LogP) is 4.92. The van der Waals surface area contributed by atoms with Crippen molar-refractivity contribution in [2.24, 2.45) is 0 Å². The molecule has 142 valence electrons. The first kappa shape index (κ1) is 20.2. The number of Topliss-reactive ketones (excluding diaryl/α,β-unsaturated/α-hetero) is 1. The Labute approximate surface area is 177 Å². The van der Waals surface area contributed by atoms with Crippen molar-refractivity contribution in [3.05, 3.63) is 79.0 Å². The van der Waals surface area contributed by atoms with Crippen LogP contribution in [0.4, 0.5) is 0 Å². The number of aromatic amines is 1. The van der Waals surface area contributed by atoms with Gasteiger partial charge < -0.3 is 9.72 Å². The van der Waals surface area contributed by atoms with E-state index >= 15 is 0 Å². The molecule has 7 heteroatoms. The zero-order valence-corrected chi connectivity index (χ0v) is 18.0. The Morgan fingerprint density at radius 2 is 1.82 bits per heavy atom. The van der Waals surface area contributed by atoms with E-state index in [0.717, 1.165) is 14.5 Å². The average Bonchev–Trinajstić information content (AvgIpc) is 2.66. The minimum Gasteiger partial charge on any atom is -0.497 e. The first-order valence-corrected chi connectivity index (χ1v) is 9.86. The lowest BCUT2D eigenvalue weighted by atomic mass is 10.0. The highest BCUT2D eigenvalue weighted by atomic mass is 79.9. The molecule has 1 aromatic heterocycles. The van der Waals surface area contributed by atoms with Gasteiger partial charge >= 0.3 is 0 Å². The fraction of sp³-hybridized carbons (Fsp3) is 0.0952. The maximum Gasteiger partial charge on any atom is 0.259 e. The molecule has 0 aliphatic carbocycles. The third-order valence-electron chi connectivity index (χ3n) is 4.09. The van der Waals surface area contributed by atoms with E-state index in [9.17, 15) is 14.4 Å². The van der Waals surface area contributed by atoms with E-state index in [-0.39, 0.29) is 17.8 Å². The Morgan fingerprint density at radius 1 is 1.11 bits per heavy atom. The van der Waals surface area contributed by atoms with Crippen LogP contribution in [0.2, 0.25) is 0 Å². The first-order valence-electron chi connectivity index (χ1n) is 8.27. The van der Waals surface area contributed by atoms with Gasteiger partial charge in [-0.3, -0.25) is 14.4 Å². The number of nitrogens with one attached hydrogen (secondary N) is 1. The van der Waals surface area contributed by atoms with Crippen LogP contribution in [-0.4, -0.2) is 23.7 Å². The Hall–Kier alpha value is -2.51. The summed E-state index contributed by atoms with van der Waals surface area (Å²) in [7, 11) is 1.58. The van der Waals surface area contributed by atoms with Crippen molar-refractivity contribution in [2.45, 2.75) is 6.42 Å². The molecule has 0 radical (unpaired) electrons. The Kier molecular flexibility index (Phi) is 6.26. The lowest BCUT2D eigenvalue weighted by molar-refractivity contribution is -0.113. The van der Waals surface area contributed by atoms with Crippen LogP contribution in [-0.2, 0) is 4.79 Å². The van der Waals surface area contributed by atoms with Crippen LogP contribution in [0.1, 0.15) is 22.3 Å². The number of ketones is 2. The number of rotatable bonds is 6. The molecule has 0 spiro atoms. The van der Waals surface area contributed by atoms with Gasteiger partial charge in [-0.05, 0) is 42.0 Å². The van der Waals surface area contributed by atoms with Gasteiger partial charge in [-0.2, -0.15) is 0 Å². The van der Waals surface area contributed by atoms with Crippen LogP contribution < -0.4 is 10.3 Å².